The van der Waals surface area contributed by atoms with Crippen molar-refractivity contribution in [1.29, 1.82) is 0 Å². The minimum atomic E-state index is 0.0846. The van der Waals surface area contributed by atoms with Crippen molar-refractivity contribution in [3.63, 3.8) is 0 Å². The summed E-state index contributed by atoms with van der Waals surface area (Å²) in [7, 11) is 1.81. The van der Waals surface area contributed by atoms with E-state index in [4.69, 9.17) is 25.8 Å². The van der Waals surface area contributed by atoms with Crippen molar-refractivity contribution in [2.75, 3.05) is 26.9 Å². The van der Waals surface area contributed by atoms with Crippen molar-refractivity contribution < 1.29 is 19.0 Å². The predicted molar refractivity (Wildman–Crippen MR) is 105 cm³/mol. The summed E-state index contributed by atoms with van der Waals surface area (Å²) in [5.74, 6) is 2.39. The maximum atomic E-state index is 12.4. The SMILES string of the molecule is Cc1cc(Cl)ccc1OCCCC(=O)N(C)Cc1ccc2c(c1)OCCO2. The van der Waals surface area contributed by atoms with Gasteiger partial charge in [0.25, 0.3) is 0 Å². The molecule has 27 heavy (non-hydrogen) atoms. The topological polar surface area (TPSA) is 48.0 Å². The molecule has 0 saturated heterocycles. The zero-order chi connectivity index (χ0) is 19.2. The first-order valence-electron chi connectivity index (χ1n) is 9.04. The Morgan fingerprint density at radius 1 is 1.15 bits per heavy atom. The van der Waals surface area contributed by atoms with E-state index in [1.54, 1.807) is 11.0 Å². The largest absolute Gasteiger partial charge is 0.493 e. The average molecular weight is 390 g/mol. The zero-order valence-corrected chi connectivity index (χ0v) is 16.4. The lowest BCUT2D eigenvalue weighted by Gasteiger charge is -2.21. The molecule has 1 heterocycles. The van der Waals surface area contributed by atoms with E-state index in [2.05, 4.69) is 0 Å². The van der Waals surface area contributed by atoms with Gasteiger partial charge >= 0.3 is 0 Å². The minimum Gasteiger partial charge on any atom is -0.493 e. The fourth-order valence-corrected chi connectivity index (χ4v) is 3.15. The first-order valence-corrected chi connectivity index (χ1v) is 9.42. The van der Waals surface area contributed by atoms with Crippen molar-refractivity contribution >= 4 is 17.5 Å². The van der Waals surface area contributed by atoms with Crippen LogP contribution in [0.4, 0.5) is 0 Å². The van der Waals surface area contributed by atoms with Crippen LogP contribution < -0.4 is 14.2 Å². The van der Waals surface area contributed by atoms with Crippen molar-refractivity contribution in [3.05, 3.63) is 52.5 Å². The van der Waals surface area contributed by atoms with Crippen LogP contribution in [0, 0.1) is 6.92 Å². The van der Waals surface area contributed by atoms with Crippen molar-refractivity contribution in [3.8, 4) is 17.2 Å². The quantitative estimate of drug-likeness (QED) is 0.664. The Morgan fingerprint density at radius 3 is 2.70 bits per heavy atom. The van der Waals surface area contributed by atoms with Gasteiger partial charge in [-0.05, 0) is 54.8 Å². The Bertz CT molecular complexity index is 809. The number of rotatable bonds is 7. The lowest BCUT2D eigenvalue weighted by Crippen LogP contribution is -2.26. The third-order valence-corrected chi connectivity index (χ3v) is 4.62. The Labute approximate surface area is 164 Å². The molecular formula is C21H24ClNO4. The Kier molecular flexibility index (Phi) is 6.45. The van der Waals surface area contributed by atoms with E-state index in [0.717, 1.165) is 28.4 Å². The van der Waals surface area contributed by atoms with Crippen LogP contribution in [0.3, 0.4) is 0 Å². The Hall–Kier alpha value is -2.40. The van der Waals surface area contributed by atoms with Gasteiger partial charge in [0, 0.05) is 25.0 Å². The molecule has 2 aromatic carbocycles. The molecule has 6 heteroatoms. The third kappa shape index (κ3) is 5.30. The summed E-state index contributed by atoms with van der Waals surface area (Å²) < 4.78 is 16.9. The zero-order valence-electron chi connectivity index (χ0n) is 15.7. The number of hydrogen-bond donors (Lipinski definition) is 0. The Morgan fingerprint density at radius 2 is 1.93 bits per heavy atom. The highest BCUT2D eigenvalue weighted by Crippen LogP contribution is 2.31. The molecule has 0 saturated carbocycles. The molecule has 0 atom stereocenters. The number of carbonyl (C=O) groups is 1. The summed E-state index contributed by atoms with van der Waals surface area (Å²) in [6.45, 7) is 4.10. The molecule has 0 N–H and O–H groups in total. The summed E-state index contributed by atoms with van der Waals surface area (Å²) >= 11 is 5.94. The van der Waals surface area contributed by atoms with E-state index in [0.29, 0.717) is 44.2 Å². The molecule has 0 bridgehead atoms. The molecule has 5 nitrogen and oxygen atoms in total. The Balaban J connectivity index is 1.44. The van der Waals surface area contributed by atoms with Crippen LogP contribution in [0.15, 0.2) is 36.4 Å². The lowest BCUT2D eigenvalue weighted by atomic mass is 10.1. The number of hydrogen-bond acceptors (Lipinski definition) is 4. The van der Waals surface area contributed by atoms with E-state index >= 15 is 0 Å². The van der Waals surface area contributed by atoms with Crippen molar-refractivity contribution in [2.45, 2.75) is 26.3 Å². The van der Waals surface area contributed by atoms with Gasteiger partial charge in [-0.1, -0.05) is 17.7 Å². The smallest absolute Gasteiger partial charge is 0.222 e. The molecule has 0 fully saturated rings. The number of ether oxygens (including phenoxy) is 3. The van der Waals surface area contributed by atoms with Crippen LogP contribution in [0.5, 0.6) is 17.2 Å². The molecule has 0 aromatic heterocycles. The van der Waals surface area contributed by atoms with Gasteiger partial charge < -0.3 is 19.1 Å². The summed E-state index contributed by atoms with van der Waals surface area (Å²) in [6, 6.07) is 11.3. The van der Waals surface area contributed by atoms with Gasteiger partial charge in [-0.25, -0.2) is 0 Å². The third-order valence-electron chi connectivity index (χ3n) is 4.38. The second kappa shape index (κ2) is 9.00. The van der Waals surface area contributed by atoms with Gasteiger partial charge in [0.15, 0.2) is 11.5 Å². The number of amides is 1. The first kappa shape index (κ1) is 19.4. The predicted octanol–water partition coefficient (Wildman–Crippen LogP) is 4.24. The van der Waals surface area contributed by atoms with Crippen LogP contribution in [0.2, 0.25) is 5.02 Å². The molecule has 1 aliphatic heterocycles. The number of benzene rings is 2. The molecule has 1 amide bonds. The number of halogens is 1. The maximum absolute atomic E-state index is 12.4. The van der Waals surface area contributed by atoms with Gasteiger partial charge in [-0.3, -0.25) is 4.79 Å². The minimum absolute atomic E-state index is 0.0846. The average Bonchev–Trinajstić information content (AvgIpc) is 2.66. The highest BCUT2D eigenvalue weighted by Gasteiger charge is 2.14. The van der Waals surface area contributed by atoms with Gasteiger partial charge in [0.1, 0.15) is 19.0 Å². The first-order chi connectivity index (χ1) is 13.0. The van der Waals surface area contributed by atoms with Crippen molar-refractivity contribution in [2.24, 2.45) is 0 Å². The number of fused-ring (bicyclic) bond motifs is 1. The van der Waals surface area contributed by atoms with Crippen LogP contribution in [-0.4, -0.2) is 37.7 Å². The highest BCUT2D eigenvalue weighted by molar-refractivity contribution is 6.30. The van der Waals surface area contributed by atoms with Gasteiger partial charge in [-0.15, -0.1) is 0 Å². The molecule has 0 radical (unpaired) electrons. The molecule has 144 valence electrons. The molecule has 0 aliphatic carbocycles. The fraction of sp³-hybridized carbons (Fsp3) is 0.381. The van der Waals surface area contributed by atoms with E-state index in [1.165, 1.54) is 0 Å². The second-order valence-corrected chi connectivity index (χ2v) is 7.03. The van der Waals surface area contributed by atoms with Crippen LogP contribution in [0.1, 0.15) is 24.0 Å². The summed E-state index contributed by atoms with van der Waals surface area (Å²) in [5.41, 5.74) is 2.01. The second-order valence-electron chi connectivity index (χ2n) is 6.59. The molecule has 3 rings (SSSR count). The number of nitrogens with zero attached hydrogens (tertiary/aromatic N) is 1. The normalized spacial score (nSPS) is 12.6. The van der Waals surface area contributed by atoms with Crippen LogP contribution in [-0.2, 0) is 11.3 Å². The van der Waals surface area contributed by atoms with Gasteiger partial charge in [0.2, 0.25) is 5.91 Å². The van der Waals surface area contributed by atoms with Gasteiger partial charge in [-0.2, -0.15) is 0 Å². The molecule has 0 spiro atoms. The monoisotopic (exact) mass is 389 g/mol. The molecule has 0 unspecified atom stereocenters. The van der Waals surface area contributed by atoms with Gasteiger partial charge in [0.05, 0.1) is 6.61 Å². The van der Waals surface area contributed by atoms with E-state index in [-0.39, 0.29) is 5.91 Å². The van der Waals surface area contributed by atoms with E-state index in [1.807, 2.05) is 44.3 Å². The molecule has 2 aromatic rings. The summed E-state index contributed by atoms with van der Waals surface area (Å²) in [5, 5.41) is 0.691. The van der Waals surface area contributed by atoms with E-state index in [9.17, 15) is 4.79 Å². The number of aryl methyl sites for hydroxylation is 1. The molecular weight excluding hydrogens is 366 g/mol. The highest BCUT2D eigenvalue weighted by atomic mass is 35.5. The van der Waals surface area contributed by atoms with Crippen LogP contribution >= 0.6 is 11.6 Å². The summed E-state index contributed by atoms with van der Waals surface area (Å²) in [6.07, 6.45) is 1.10. The van der Waals surface area contributed by atoms with E-state index < -0.39 is 0 Å². The fourth-order valence-electron chi connectivity index (χ4n) is 2.92. The van der Waals surface area contributed by atoms with Crippen LogP contribution in [0.25, 0.3) is 0 Å². The number of carbonyl (C=O) groups excluding carboxylic acids is 1. The standard InChI is InChI=1S/C21H24ClNO4/c1-15-12-17(22)6-8-18(15)25-9-3-4-21(24)23(2)14-16-5-7-19-20(13-16)27-11-10-26-19/h5-8,12-13H,3-4,9-11,14H2,1-2H3. The summed E-state index contributed by atoms with van der Waals surface area (Å²) in [4.78, 5) is 14.1. The lowest BCUT2D eigenvalue weighted by molar-refractivity contribution is -0.130. The molecule has 1 aliphatic rings. The maximum Gasteiger partial charge on any atom is 0.222 e. The van der Waals surface area contributed by atoms with Crippen molar-refractivity contribution in [1.82, 2.24) is 4.90 Å².